The van der Waals surface area contributed by atoms with Gasteiger partial charge >= 0.3 is 0 Å². The molecule has 0 saturated carbocycles. The Morgan fingerprint density at radius 2 is 0.786 bits per heavy atom. The second-order valence-electron chi connectivity index (χ2n) is 6.32. The molecule has 0 heterocycles. The lowest BCUT2D eigenvalue weighted by atomic mass is 10.3. The van der Waals surface area contributed by atoms with Gasteiger partial charge in [0.05, 0.1) is 9.79 Å². The molecule has 0 unspecified atom stereocenters. The molecule has 2 nitrogen and oxygen atoms in total. The summed E-state index contributed by atoms with van der Waals surface area (Å²) in [5.74, 6) is 0. The van der Waals surface area contributed by atoms with E-state index in [2.05, 4.69) is 24.3 Å². The molecule has 0 radical (unpaired) electrons. The molecule has 28 heavy (non-hydrogen) atoms. The molecule has 0 spiro atoms. The van der Waals surface area contributed by atoms with Gasteiger partial charge in [-0.2, -0.15) is 0 Å². The summed E-state index contributed by atoms with van der Waals surface area (Å²) >= 11 is 0. The van der Waals surface area contributed by atoms with E-state index in [0.717, 1.165) is 5.30 Å². The van der Waals surface area contributed by atoms with E-state index in [0.29, 0.717) is 9.79 Å². The van der Waals surface area contributed by atoms with Crippen LogP contribution >= 0.6 is 7.92 Å². The van der Waals surface area contributed by atoms with Crippen LogP contribution in [0.1, 0.15) is 0 Å². The van der Waals surface area contributed by atoms with Crippen LogP contribution in [0, 0.1) is 0 Å². The first kappa shape index (κ1) is 18.6. The van der Waals surface area contributed by atoms with Crippen LogP contribution in [0.5, 0.6) is 0 Å². The number of benzene rings is 4. The zero-order valence-corrected chi connectivity index (χ0v) is 16.9. The Bertz CT molecular complexity index is 1100. The van der Waals surface area contributed by atoms with Crippen molar-refractivity contribution >= 4 is 33.7 Å². The standard InChI is InChI=1S/C24H19O2PS/c25-28(26,23-14-8-3-9-15-23)24-18-16-22(17-19-24)27(20-10-4-1-5-11-20)21-12-6-2-7-13-21/h1-19H. The molecule has 0 fully saturated rings. The Labute approximate surface area is 167 Å². The van der Waals surface area contributed by atoms with Gasteiger partial charge in [-0.15, -0.1) is 0 Å². The molecule has 0 atom stereocenters. The molecule has 0 aliphatic heterocycles. The third kappa shape index (κ3) is 3.77. The van der Waals surface area contributed by atoms with Crippen molar-refractivity contribution in [3.63, 3.8) is 0 Å². The molecule has 0 bridgehead atoms. The van der Waals surface area contributed by atoms with Gasteiger partial charge < -0.3 is 0 Å². The molecular formula is C24H19O2PS. The normalized spacial score (nSPS) is 11.5. The molecule has 4 aromatic carbocycles. The van der Waals surface area contributed by atoms with E-state index in [-0.39, 0.29) is 0 Å². The smallest absolute Gasteiger partial charge is 0.206 e. The quantitative estimate of drug-likeness (QED) is 0.467. The molecule has 0 saturated heterocycles. The number of sulfone groups is 1. The molecule has 4 aromatic rings. The van der Waals surface area contributed by atoms with Gasteiger partial charge in [0.2, 0.25) is 9.84 Å². The maximum Gasteiger partial charge on any atom is 0.206 e. The lowest BCUT2D eigenvalue weighted by molar-refractivity contribution is 0.596. The third-order valence-corrected chi connectivity index (χ3v) is 8.72. The maximum absolute atomic E-state index is 12.9. The number of hydrogen-bond donors (Lipinski definition) is 0. The Morgan fingerprint density at radius 1 is 0.429 bits per heavy atom. The molecule has 4 rings (SSSR count). The highest BCUT2D eigenvalue weighted by molar-refractivity contribution is 7.91. The van der Waals surface area contributed by atoms with Crippen LogP contribution < -0.4 is 15.9 Å². The van der Waals surface area contributed by atoms with Crippen LogP contribution in [0.3, 0.4) is 0 Å². The van der Waals surface area contributed by atoms with E-state index >= 15 is 0 Å². The predicted molar refractivity (Wildman–Crippen MR) is 117 cm³/mol. The Hall–Kier alpha value is -2.74. The van der Waals surface area contributed by atoms with Gasteiger partial charge in [0.15, 0.2) is 0 Å². The van der Waals surface area contributed by atoms with Crippen molar-refractivity contribution in [2.45, 2.75) is 9.79 Å². The molecule has 0 N–H and O–H groups in total. The maximum atomic E-state index is 12.9. The zero-order chi connectivity index (χ0) is 19.4. The molecule has 0 aliphatic carbocycles. The highest BCUT2D eigenvalue weighted by Crippen LogP contribution is 2.33. The van der Waals surface area contributed by atoms with Crippen LogP contribution in [0.4, 0.5) is 0 Å². The first-order chi connectivity index (χ1) is 13.7. The largest absolute Gasteiger partial charge is 0.219 e. The van der Waals surface area contributed by atoms with E-state index in [9.17, 15) is 8.42 Å². The van der Waals surface area contributed by atoms with Crippen molar-refractivity contribution in [2.24, 2.45) is 0 Å². The summed E-state index contributed by atoms with van der Waals surface area (Å²) in [4.78, 5) is 0.634. The third-order valence-electron chi connectivity index (χ3n) is 4.49. The highest BCUT2D eigenvalue weighted by Gasteiger charge is 2.20. The van der Waals surface area contributed by atoms with Gasteiger partial charge in [-0.25, -0.2) is 8.42 Å². The minimum Gasteiger partial charge on any atom is -0.219 e. The van der Waals surface area contributed by atoms with Gasteiger partial charge in [0.1, 0.15) is 0 Å². The summed E-state index contributed by atoms with van der Waals surface area (Å²) in [6.45, 7) is 0. The van der Waals surface area contributed by atoms with Crippen molar-refractivity contribution in [2.75, 3.05) is 0 Å². The molecule has 0 amide bonds. The van der Waals surface area contributed by atoms with E-state index in [1.165, 1.54) is 10.6 Å². The fourth-order valence-corrected chi connectivity index (χ4v) is 6.68. The minimum atomic E-state index is -3.50. The van der Waals surface area contributed by atoms with Crippen molar-refractivity contribution in [3.05, 3.63) is 115 Å². The molecule has 0 aliphatic rings. The molecule has 138 valence electrons. The second-order valence-corrected chi connectivity index (χ2v) is 10.5. The predicted octanol–water partition coefficient (Wildman–Crippen LogP) is 4.28. The fourth-order valence-electron chi connectivity index (χ4n) is 3.11. The monoisotopic (exact) mass is 402 g/mol. The number of rotatable bonds is 5. The van der Waals surface area contributed by atoms with Crippen LogP contribution in [0.2, 0.25) is 0 Å². The summed E-state index contributed by atoms with van der Waals surface area (Å²) in [6.07, 6.45) is 0. The van der Waals surface area contributed by atoms with Crippen molar-refractivity contribution < 1.29 is 8.42 Å². The van der Waals surface area contributed by atoms with Crippen molar-refractivity contribution in [1.82, 2.24) is 0 Å². The summed E-state index contributed by atoms with van der Waals surface area (Å²) in [6, 6.07) is 36.6. The van der Waals surface area contributed by atoms with Crippen LogP contribution in [0.15, 0.2) is 125 Å². The van der Waals surface area contributed by atoms with E-state index in [1.54, 1.807) is 36.4 Å². The average molecular weight is 402 g/mol. The Kier molecular flexibility index (Phi) is 5.38. The summed E-state index contributed by atoms with van der Waals surface area (Å²) in [5.41, 5.74) is 0. The van der Waals surface area contributed by atoms with Crippen LogP contribution in [0.25, 0.3) is 0 Å². The van der Waals surface area contributed by atoms with Crippen molar-refractivity contribution in [3.8, 4) is 0 Å². The summed E-state index contributed by atoms with van der Waals surface area (Å²) in [7, 11) is -4.25. The fraction of sp³-hybridized carbons (Fsp3) is 0. The van der Waals surface area contributed by atoms with Crippen LogP contribution in [-0.4, -0.2) is 8.42 Å². The Balaban J connectivity index is 1.75. The first-order valence-corrected chi connectivity index (χ1v) is 11.8. The van der Waals surface area contributed by atoms with Gasteiger partial charge in [0.25, 0.3) is 0 Å². The van der Waals surface area contributed by atoms with Gasteiger partial charge in [-0.3, -0.25) is 0 Å². The zero-order valence-electron chi connectivity index (χ0n) is 15.1. The summed E-state index contributed by atoms with van der Waals surface area (Å²) in [5, 5.41) is 3.60. The SMILES string of the molecule is O=S(=O)(c1ccccc1)c1ccc(P(c2ccccc2)c2ccccc2)cc1. The van der Waals surface area contributed by atoms with Crippen LogP contribution in [-0.2, 0) is 9.84 Å². The van der Waals surface area contributed by atoms with Crippen molar-refractivity contribution in [1.29, 1.82) is 0 Å². The molecular weight excluding hydrogens is 383 g/mol. The molecule has 4 heteroatoms. The summed E-state index contributed by atoms with van der Waals surface area (Å²) < 4.78 is 25.7. The van der Waals surface area contributed by atoms with Gasteiger partial charge in [0, 0.05) is 0 Å². The minimum absolute atomic E-state index is 0.316. The first-order valence-electron chi connectivity index (χ1n) is 8.97. The van der Waals surface area contributed by atoms with E-state index in [4.69, 9.17) is 0 Å². The molecule has 0 aromatic heterocycles. The Morgan fingerprint density at radius 3 is 1.25 bits per heavy atom. The number of hydrogen-bond acceptors (Lipinski definition) is 2. The lowest BCUT2D eigenvalue weighted by Gasteiger charge is -2.19. The van der Waals surface area contributed by atoms with E-state index < -0.39 is 17.8 Å². The topological polar surface area (TPSA) is 34.1 Å². The lowest BCUT2D eigenvalue weighted by Crippen LogP contribution is -2.20. The highest BCUT2D eigenvalue weighted by atomic mass is 32.2. The van der Waals surface area contributed by atoms with Gasteiger partial charge in [-0.05, 0) is 48.1 Å². The van der Waals surface area contributed by atoms with E-state index in [1.807, 2.05) is 54.6 Å². The second kappa shape index (κ2) is 8.10. The average Bonchev–Trinajstić information content (AvgIpc) is 2.76. The van der Waals surface area contributed by atoms with Gasteiger partial charge in [-0.1, -0.05) is 91.0 Å².